The summed E-state index contributed by atoms with van der Waals surface area (Å²) in [6.45, 7) is 7.64. The average molecular weight is 405 g/mol. The smallest absolute Gasteiger partial charge is 0.191 e. The van der Waals surface area contributed by atoms with E-state index in [1.165, 1.54) is 25.9 Å². The van der Waals surface area contributed by atoms with Crippen molar-refractivity contribution < 1.29 is 14.2 Å². The van der Waals surface area contributed by atoms with Gasteiger partial charge in [0, 0.05) is 32.3 Å². The van der Waals surface area contributed by atoms with E-state index in [2.05, 4.69) is 20.5 Å². The summed E-state index contributed by atoms with van der Waals surface area (Å²) >= 11 is 0. The molecule has 1 aromatic carbocycles. The lowest BCUT2D eigenvalue weighted by atomic mass is 9.88. The molecule has 0 aliphatic carbocycles. The van der Waals surface area contributed by atoms with Crippen LogP contribution in [-0.4, -0.2) is 76.1 Å². The lowest BCUT2D eigenvalue weighted by Crippen LogP contribution is -2.58. The Morgan fingerprint density at radius 3 is 2.52 bits per heavy atom. The van der Waals surface area contributed by atoms with Gasteiger partial charge in [-0.05, 0) is 57.8 Å². The standard InChI is InChI=1S/C22H36N4O3/c1-18(29-20-9-5-4-8-19(20)27-3)16-24-21(23-2)25-17-22(10-14-28-15-11-22)26-12-6-7-13-26/h4-5,8-9,18H,6-7,10-17H2,1-3H3,(H2,23,24,25). The van der Waals surface area contributed by atoms with Crippen molar-refractivity contribution >= 4 is 5.96 Å². The molecule has 7 nitrogen and oxygen atoms in total. The summed E-state index contributed by atoms with van der Waals surface area (Å²) in [6, 6.07) is 7.71. The second kappa shape index (κ2) is 10.7. The second-order valence-electron chi connectivity index (χ2n) is 7.92. The lowest BCUT2D eigenvalue weighted by Gasteiger charge is -2.45. The number of ether oxygens (including phenoxy) is 3. The maximum absolute atomic E-state index is 6.03. The van der Waals surface area contributed by atoms with Gasteiger partial charge in [-0.1, -0.05) is 12.1 Å². The van der Waals surface area contributed by atoms with Gasteiger partial charge in [-0.25, -0.2) is 0 Å². The highest BCUT2D eigenvalue weighted by molar-refractivity contribution is 5.79. The number of rotatable bonds is 8. The van der Waals surface area contributed by atoms with Crippen LogP contribution < -0.4 is 20.1 Å². The van der Waals surface area contributed by atoms with Crippen LogP contribution in [0.2, 0.25) is 0 Å². The van der Waals surface area contributed by atoms with Crippen LogP contribution in [0.25, 0.3) is 0 Å². The zero-order valence-electron chi connectivity index (χ0n) is 18.1. The molecule has 0 radical (unpaired) electrons. The number of para-hydroxylation sites is 2. The normalized spacial score (nSPS) is 20.9. The molecule has 2 aliphatic rings. The zero-order valence-corrected chi connectivity index (χ0v) is 18.1. The number of likely N-dealkylation sites (tertiary alicyclic amines) is 1. The molecule has 3 rings (SSSR count). The molecule has 1 atom stereocenters. The summed E-state index contributed by atoms with van der Waals surface area (Å²) in [5.74, 6) is 2.31. The van der Waals surface area contributed by atoms with E-state index in [-0.39, 0.29) is 11.6 Å². The van der Waals surface area contributed by atoms with Gasteiger partial charge in [-0.2, -0.15) is 0 Å². The number of methoxy groups -OCH3 is 1. The summed E-state index contributed by atoms with van der Waals surface area (Å²) in [5.41, 5.74) is 0.173. The molecule has 2 saturated heterocycles. The van der Waals surface area contributed by atoms with Gasteiger partial charge < -0.3 is 24.8 Å². The molecule has 162 valence electrons. The Morgan fingerprint density at radius 1 is 1.17 bits per heavy atom. The van der Waals surface area contributed by atoms with Gasteiger partial charge >= 0.3 is 0 Å². The number of benzene rings is 1. The van der Waals surface area contributed by atoms with E-state index in [9.17, 15) is 0 Å². The van der Waals surface area contributed by atoms with Crippen molar-refractivity contribution in [3.05, 3.63) is 24.3 Å². The van der Waals surface area contributed by atoms with Gasteiger partial charge in [0.25, 0.3) is 0 Å². The predicted molar refractivity (Wildman–Crippen MR) is 116 cm³/mol. The van der Waals surface area contributed by atoms with Gasteiger partial charge in [0.1, 0.15) is 6.10 Å². The van der Waals surface area contributed by atoms with Crippen molar-refractivity contribution in [3.63, 3.8) is 0 Å². The Balaban J connectivity index is 1.50. The van der Waals surface area contributed by atoms with Gasteiger partial charge in [0.15, 0.2) is 17.5 Å². The molecular formula is C22H36N4O3. The first-order valence-corrected chi connectivity index (χ1v) is 10.7. The molecule has 29 heavy (non-hydrogen) atoms. The first-order valence-electron chi connectivity index (χ1n) is 10.7. The van der Waals surface area contributed by atoms with E-state index < -0.39 is 0 Å². The van der Waals surface area contributed by atoms with Crippen LogP contribution in [0.5, 0.6) is 11.5 Å². The Hall–Kier alpha value is -1.99. The fraction of sp³-hybridized carbons (Fsp3) is 0.682. The molecule has 0 spiro atoms. The number of nitrogens with zero attached hydrogens (tertiary/aromatic N) is 2. The van der Waals surface area contributed by atoms with Crippen molar-refractivity contribution in [2.24, 2.45) is 4.99 Å². The van der Waals surface area contributed by atoms with Crippen LogP contribution in [0, 0.1) is 0 Å². The lowest BCUT2D eigenvalue weighted by molar-refractivity contribution is -0.0164. The summed E-state index contributed by atoms with van der Waals surface area (Å²) in [7, 11) is 3.47. The van der Waals surface area contributed by atoms with E-state index in [1.807, 2.05) is 38.2 Å². The average Bonchev–Trinajstić information content (AvgIpc) is 3.30. The summed E-state index contributed by atoms with van der Waals surface area (Å²) in [5, 5.41) is 6.96. The van der Waals surface area contributed by atoms with Crippen LogP contribution in [-0.2, 0) is 4.74 Å². The van der Waals surface area contributed by atoms with Crippen LogP contribution in [0.4, 0.5) is 0 Å². The van der Waals surface area contributed by atoms with Gasteiger partial charge in [-0.15, -0.1) is 0 Å². The molecule has 2 aliphatic heterocycles. The molecule has 0 amide bonds. The van der Waals surface area contributed by atoms with Crippen molar-refractivity contribution in [2.75, 3.05) is 53.6 Å². The maximum Gasteiger partial charge on any atom is 0.191 e. The molecule has 0 aromatic heterocycles. The van der Waals surface area contributed by atoms with Gasteiger partial charge in [0.2, 0.25) is 0 Å². The first kappa shape index (κ1) is 21.7. The van der Waals surface area contributed by atoms with Gasteiger partial charge in [0.05, 0.1) is 13.7 Å². The van der Waals surface area contributed by atoms with Crippen LogP contribution in [0.3, 0.4) is 0 Å². The fourth-order valence-corrected chi connectivity index (χ4v) is 4.23. The number of hydrogen-bond donors (Lipinski definition) is 2. The Labute approximate surface area is 174 Å². The van der Waals surface area contributed by atoms with Gasteiger partial charge in [-0.3, -0.25) is 9.89 Å². The molecule has 1 aromatic rings. The molecule has 2 N–H and O–H groups in total. The summed E-state index contributed by atoms with van der Waals surface area (Å²) in [4.78, 5) is 7.06. The van der Waals surface area contributed by atoms with Crippen molar-refractivity contribution in [3.8, 4) is 11.5 Å². The minimum Gasteiger partial charge on any atom is -0.493 e. The summed E-state index contributed by atoms with van der Waals surface area (Å²) < 4.78 is 17.0. The molecule has 7 heteroatoms. The van der Waals surface area contributed by atoms with E-state index in [0.29, 0.717) is 6.54 Å². The van der Waals surface area contributed by atoms with Crippen LogP contribution in [0.1, 0.15) is 32.6 Å². The molecule has 0 bridgehead atoms. The molecule has 2 fully saturated rings. The Bertz CT molecular complexity index is 655. The molecule has 2 heterocycles. The van der Waals surface area contributed by atoms with E-state index >= 15 is 0 Å². The SMILES string of the molecule is CN=C(NCC(C)Oc1ccccc1OC)NCC1(N2CCCC2)CCOCC1. The van der Waals surface area contributed by atoms with E-state index in [0.717, 1.165) is 50.1 Å². The Kier molecular flexibility index (Phi) is 8.00. The summed E-state index contributed by atoms with van der Waals surface area (Å²) in [6.07, 6.45) is 4.72. The third kappa shape index (κ3) is 5.76. The Morgan fingerprint density at radius 2 is 1.86 bits per heavy atom. The highest BCUT2D eigenvalue weighted by Crippen LogP contribution is 2.30. The van der Waals surface area contributed by atoms with Crippen molar-refractivity contribution in [2.45, 2.75) is 44.2 Å². The minimum absolute atomic E-state index is 0.0273. The number of aliphatic imine (C=N–C) groups is 1. The molecule has 1 unspecified atom stereocenters. The quantitative estimate of drug-likeness (QED) is 0.512. The highest BCUT2D eigenvalue weighted by Gasteiger charge is 2.39. The van der Waals surface area contributed by atoms with Crippen LogP contribution >= 0.6 is 0 Å². The van der Waals surface area contributed by atoms with E-state index in [1.54, 1.807) is 7.11 Å². The minimum atomic E-state index is -0.0273. The largest absolute Gasteiger partial charge is 0.493 e. The molecule has 0 saturated carbocycles. The molecular weight excluding hydrogens is 368 g/mol. The topological polar surface area (TPSA) is 67.4 Å². The predicted octanol–water partition coefficient (Wildman–Crippen LogP) is 2.27. The van der Waals surface area contributed by atoms with Crippen molar-refractivity contribution in [1.82, 2.24) is 15.5 Å². The van der Waals surface area contributed by atoms with E-state index in [4.69, 9.17) is 14.2 Å². The number of nitrogens with one attached hydrogen (secondary N) is 2. The first-order chi connectivity index (χ1) is 14.2. The third-order valence-electron chi connectivity index (χ3n) is 5.96. The van der Waals surface area contributed by atoms with Crippen LogP contribution in [0.15, 0.2) is 29.3 Å². The number of hydrogen-bond acceptors (Lipinski definition) is 5. The highest BCUT2D eigenvalue weighted by atomic mass is 16.5. The number of guanidine groups is 1. The fourth-order valence-electron chi connectivity index (χ4n) is 4.23. The second-order valence-corrected chi connectivity index (χ2v) is 7.92. The zero-order chi connectivity index (χ0) is 20.5. The maximum atomic E-state index is 6.03. The van der Waals surface area contributed by atoms with Crippen molar-refractivity contribution in [1.29, 1.82) is 0 Å². The third-order valence-corrected chi connectivity index (χ3v) is 5.96. The monoisotopic (exact) mass is 404 g/mol.